The van der Waals surface area contributed by atoms with Crippen molar-refractivity contribution in [3.63, 3.8) is 0 Å². The van der Waals surface area contributed by atoms with Crippen LogP contribution in [0.5, 0.6) is 0 Å². The molecule has 0 fully saturated rings. The van der Waals surface area contributed by atoms with Gasteiger partial charge in [0.2, 0.25) is 0 Å². The van der Waals surface area contributed by atoms with Crippen molar-refractivity contribution < 1.29 is 0 Å². The summed E-state index contributed by atoms with van der Waals surface area (Å²) in [7, 11) is 0. The first-order valence-corrected chi connectivity index (χ1v) is 4.04. The van der Waals surface area contributed by atoms with E-state index in [0.29, 0.717) is 0 Å². The smallest absolute Gasteiger partial charge is 0.0348 e. The van der Waals surface area contributed by atoms with Crippen molar-refractivity contribution in [2.45, 2.75) is 40.5 Å². The maximum Gasteiger partial charge on any atom is -0.0348 e. The quantitative estimate of drug-likeness (QED) is 0.522. The predicted octanol–water partition coefficient (Wildman–Crippen LogP) is 3.70. The molecule has 0 aliphatic rings. The second kappa shape index (κ2) is 5.28. The van der Waals surface area contributed by atoms with Gasteiger partial charge in [0.1, 0.15) is 0 Å². The van der Waals surface area contributed by atoms with Crippen molar-refractivity contribution >= 4 is 0 Å². The molecule has 0 rings (SSSR count). The lowest BCUT2D eigenvalue weighted by atomic mass is 10.1. The molecular formula is C10H18. The molecule has 0 heteroatoms. The Kier molecular flexibility index (Phi) is 5.00. The lowest BCUT2D eigenvalue weighted by molar-refractivity contribution is 1.09. The third-order valence-electron chi connectivity index (χ3n) is 1.56. The molecule has 0 aliphatic heterocycles. The van der Waals surface area contributed by atoms with Crippen molar-refractivity contribution in [1.82, 2.24) is 0 Å². The third kappa shape index (κ3) is 4.37. The minimum Gasteiger partial charge on any atom is -0.0819 e. The van der Waals surface area contributed by atoms with Gasteiger partial charge in [-0.2, -0.15) is 0 Å². The van der Waals surface area contributed by atoms with Gasteiger partial charge < -0.3 is 0 Å². The van der Waals surface area contributed by atoms with Crippen LogP contribution in [0.1, 0.15) is 40.5 Å². The van der Waals surface area contributed by atoms with Gasteiger partial charge in [-0.3, -0.25) is 0 Å². The summed E-state index contributed by atoms with van der Waals surface area (Å²) in [6.45, 7) is 8.68. The van der Waals surface area contributed by atoms with E-state index in [2.05, 4.69) is 39.8 Å². The maximum absolute atomic E-state index is 2.25. The van der Waals surface area contributed by atoms with E-state index in [0.717, 1.165) is 12.8 Å². The fourth-order valence-electron chi connectivity index (χ4n) is 0.872. The van der Waals surface area contributed by atoms with Gasteiger partial charge in [0.15, 0.2) is 0 Å². The maximum atomic E-state index is 2.25. The molecule has 10 heavy (non-hydrogen) atoms. The standard InChI is InChI=1S/C10H18/c1-5-7-10(4)8-9(3)6-2/h7-8H,5-6H2,1-4H3/b9-8-,10-7+. The van der Waals surface area contributed by atoms with Crippen molar-refractivity contribution in [2.24, 2.45) is 0 Å². The van der Waals surface area contributed by atoms with Gasteiger partial charge in [0.05, 0.1) is 0 Å². The molecule has 0 heterocycles. The highest BCUT2D eigenvalue weighted by atomic mass is 13.9. The fourth-order valence-corrected chi connectivity index (χ4v) is 0.872. The van der Waals surface area contributed by atoms with Gasteiger partial charge >= 0.3 is 0 Å². The number of rotatable bonds is 3. The Morgan fingerprint density at radius 2 is 1.80 bits per heavy atom. The van der Waals surface area contributed by atoms with E-state index in [1.807, 2.05) is 0 Å². The van der Waals surface area contributed by atoms with Crippen molar-refractivity contribution in [3.05, 3.63) is 23.3 Å². The Balaban J connectivity index is 3.98. The molecule has 0 aromatic carbocycles. The van der Waals surface area contributed by atoms with Crippen LogP contribution < -0.4 is 0 Å². The van der Waals surface area contributed by atoms with Crippen LogP contribution in [0.25, 0.3) is 0 Å². The van der Waals surface area contributed by atoms with Crippen molar-refractivity contribution in [3.8, 4) is 0 Å². The van der Waals surface area contributed by atoms with E-state index in [-0.39, 0.29) is 0 Å². The lowest BCUT2D eigenvalue weighted by Gasteiger charge is -1.94. The fraction of sp³-hybridized carbons (Fsp3) is 0.600. The Hall–Kier alpha value is -0.520. The van der Waals surface area contributed by atoms with E-state index in [1.54, 1.807) is 0 Å². The zero-order valence-corrected chi connectivity index (χ0v) is 7.57. The van der Waals surface area contributed by atoms with Crippen LogP contribution in [0.2, 0.25) is 0 Å². The SMILES string of the molecule is CC/C=C(C)/C=C(/C)CC. The van der Waals surface area contributed by atoms with Crippen LogP contribution in [0.3, 0.4) is 0 Å². The van der Waals surface area contributed by atoms with Crippen LogP contribution in [-0.4, -0.2) is 0 Å². The molecule has 0 nitrogen and oxygen atoms in total. The summed E-state index contributed by atoms with van der Waals surface area (Å²) >= 11 is 0. The van der Waals surface area contributed by atoms with Gasteiger partial charge in [0, 0.05) is 0 Å². The highest BCUT2D eigenvalue weighted by molar-refractivity contribution is 5.19. The average Bonchev–Trinajstić information content (AvgIpc) is 1.88. The number of hydrogen-bond acceptors (Lipinski definition) is 0. The molecule has 0 amide bonds. The second-order valence-corrected chi connectivity index (χ2v) is 2.70. The summed E-state index contributed by atoms with van der Waals surface area (Å²) in [6.07, 6.45) is 6.80. The molecule has 0 aromatic heterocycles. The second-order valence-electron chi connectivity index (χ2n) is 2.70. The normalized spacial score (nSPS) is 14.0. The van der Waals surface area contributed by atoms with E-state index >= 15 is 0 Å². The van der Waals surface area contributed by atoms with Gasteiger partial charge in [-0.25, -0.2) is 0 Å². The average molecular weight is 138 g/mol. The van der Waals surface area contributed by atoms with Gasteiger partial charge in [-0.15, -0.1) is 0 Å². The third-order valence-corrected chi connectivity index (χ3v) is 1.56. The van der Waals surface area contributed by atoms with E-state index in [9.17, 15) is 0 Å². The van der Waals surface area contributed by atoms with Crippen molar-refractivity contribution in [2.75, 3.05) is 0 Å². The topological polar surface area (TPSA) is 0 Å². The van der Waals surface area contributed by atoms with Crippen LogP contribution in [-0.2, 0) is 0 Å². The first kappa shape index (κ1) is 9.48. The zero-order valence-electron chi connectivity index (χ0n) is 7.57. The van der Waals surface area contributed by atoms with Crippen molar-refractivity contribution in [1.29, 1.82) is 0 Å². The molecule has 0 radical (unpaired) electrons. The number of allylic oxidation sites excluding steroid dienone is 4. The van der Waals surface area contributed by atoms with Gasteiger partial charge in [0.25, 0.3) is 0 Å². The summed E-state index contributed by atoms with van der Waals surface area (Å²) in [6, 6.07) is 0. The Morgan fingerprint density at radius 3 is 2.20 bits per heavy atom. The van der Waals surface area contributed by atoms with Gasteiger partial charge in [-0.05, 0) is 26.7 Å². The molecular weight excluding hydrogens is 120 g/mol. The highest BCUT2D eigenvalue weighted by Crippen LogP contribution is 2.04. The summed E-state index contributed by atoms with van der Waals surface area (Å²) in [4.78, 5) is 0. The molecule has 0 atom stereocenters. The lowest BCUT2D eigenvalue weighted by Crippen LogP contribution is -1.73. The van der Waals surface area contributed by atoms with E-state index in [4.69, 9.17) is 0 Å². The Labute approximate surface area is 64.6 Å². The largest absolute Gasteiger partial charge is 0.0819 e. The Morgan fingerprint density at radius 1 is 1.20 bits per heavy atom. The molecule has 0 N–H and O–H groups in total. The molecule has 0 bridgehead atoms. The molecule has 58 valence electrons. The molecule has 0 saturated carbocycles. The monoisotopic (exact) mass is 138 g/mol. The van der Waals surface area contributed by atoms with Crippen LogP contribution in [0.4, 0.5) is 0 Å². The molecule has 0 aliphatic carbocycles. The highest BCUT2D eigenvalue weighted by Gasteiger charge is 1.84. The van der Waals surface area contributed by atoms with Crippen LogP contribution >= 0.6 is 0 Å². The molecule has 0 spiro atoms. The van der Waals surface area contributed by atoms with Crippen LogP contribution in [0, 0.1) is 0 Å². The number of hydrogen-bond donors (Lipinski definition) is 0. The van der Waals surface area contributed by atoms with Crippen LogP contribution in [0.15, 0.2) is 23.3 Å². The zero-order chi connectivity index (χ0) is 7.98. The molecule has 0 aromatic rings. The summed E-state index contributed by atoms with van der Waals surface area (Å²) in [5.74, 6) is 0. The van der Waals surface area contributed by atoms with E-state index < -0.39 is 0 Å². The molecule has 0 unspecified atom stereocenters. The van der Waals surface area contributed by atoms with E-state index in [1.165, 1.54) is 11.1 Å². The molecule has 0 saturated heterocycles. The predicted molar refractivity (Wildman–Crippen MR) is 48.1 cm³/mol. The minimum absolute atomic E-state index is 1.14. The minimum atomic E-state index is 1.14. The summed E-state index contributed by atoms with van der Waals surface area (Å²) < 4.78 is 0. The summed E-state index contributed by atoms with van der Waals surface area (Å²) in [5, 5.41) is 0. The Bertz CT molecular complexity index is 138. The first-order chi connectivity index (χ1) is 4.70. The van der Waals surface area contributed by atoms with Gasteiger partial charge in [-0.1, -0.05) is 37.1 Å². The first-order valence-electron chi connectivity index (χ1n) is 4.04. The summed E-state index contributed by atoms with van der Waals surface area (Å²) in [5.41, 5.74) is 2.85.